The molecule has 1 aromatic carbocycles. The van der Waals surface area contributed by atoms with E-state index in [1.807, 2.05) is 0 Å². The van der Waals surface area contributed by atoms with E-state index in [9.17, 15) is 4.79 Å². The van der Waals surface area contributed by atoms with Gasteiger partial charge in [0.2, 0.25) is 5.91 Å². The third-order valence-corrected chi connectivity index (χ3v) is 2.71. The van der Waals surface area contributed by atoms with Gasteiger partial charge in [0.15, 0.2) is 0 Å². The molecule has 1 amide bonds. The van der Waals surface area contributed by atoms with Gasteiger partial charge in [-0.2, -0.15) is 0 Å². The lowest BCUT2D eigenvalue weighted by Crippen LogP contribution is -2.41. The molecular weight excluding hydrogens is 244 g/mol. The zero-order chi connectivity index (χ0) is 13.7. The molecule has 1 unspecified atom stereocenters. The number of phenols is 1. The van der Waals surface area contributed by atoms with E-state index in [0.717, 1.165) is 5.56 Å². The Hall–Kier alpha value is -2.34. The van der Waals surface area contributed by atoms with E-state index in [4.69, 9.17) is 10.8 Å². The molecule has 0 aliphatic rings. The fourth-order valence-electron chi connectivity index (χ4n) is 1.68. The molecule has 0 aliphatic carbocycles. The number of amides is 1. The Balaban J connectivity index is 1.83. The van der Waals surface area contributed by atoms with Crippen molar-refractivity contribution in [1.29, 1.82) is 0 Å². The molecule has 1 aromatic heterocycles. The van der Waals surface area contributed by atoms with Gasteiger partial charge in [0.1, 0.15) is 11.6 Å². The van der Waals surface area contributed by atoms with Crippen LogP contribution in [0.15, 0.2) is 36.7 Å². The van der Waals surface area contributed by atoms with E-state index in [1.165, 1.54) is 0 Å². The second-order valence-electron chi connectivity index (χ2n) is 4.23. The van der Waals surface area contributed by atoms with Gasteiger partial charge in [-0.15, -0.1) is 0 Å². The van der Waals surface area contributed by atoms with E-state index >= 15 is 0 Å². The zero-order valence-corrected chi connectivity index (χ0v) is 10.3. The fourth-order valence-corrected chi connectivity index (χ4v) is 1.68. The van der Waals surface area contributed by atoms with Crippen LogP contribution in [0.1, 0.15) is 11.4 Å². The monoisotopic (exact) mass is 260 g/mol. The third-order valence-electron chi connectivity index (χ3n) is 2.71. The van der Waals surface area contributed by atoms with Crippen LogP contribution in [-0.4, -0.2) is 27.0 Å². The molecule has 0 aliphatic heterocycles. The third kappa shape index (κ3) is 3.82. The van der Waals surface area contributed by atoms with Crippen molar-refractivity contribution in [3.05, 3.63) is 48.0 Å². The SMILES string of the molecule is NC(Cc1ccc(O)cc1)C(=O)NCc1ncc[nH]1. The molecule has 0 bridgehead atoms. The summed E-state index contributed by atoms with van der Waals surface area (Å²) in [6.45, 7) is 0.328. The van der Waals surface area contributed by atoms with Crippen molar-refractivity contribution in [1.82, 2.24) is 15.3 Å². The van der Waals surface area contributed by atoms with Crippen LogP contribution in [0.3, 0.4) is 0 Å². The largest absolute Gasteiger partial charge is 0.508 e. The van der Waals surface area contributed by atoms with Gasteiger partial charge in [0.05, 0.1) is 12.6 Å². The van der Waals surface area contributed by atoms with Gasteiger partial charge in [-0.25, -0.2) is 4.98 Å². The lowest BCUT2D eigenvalue weighted by atomic mass is 10.1. The Bertz CT molecular complexity index is 522. The molecule has 19 heavy (non-hydrogen) atoms. The summed E-state index contributed by atoms with van der Waals surface area (Å²) >= 11 is 0. The number of imidazole rings is 1. The highest BCUT2D eigenvalue weighted by Crippen LogP contribution is 2.10. The molecular formula is C13H16N4O2. The molecule has 6 nitrogen and oxygen atoms in total. The van der Waals surface area contributed by atoms with Crippen LogP contribution in [0.2, 0.25) is 0 Å². The summed E-state index contributed by atoms with van der Waals surface area (Å²) in [5.41, 5.74) is 6.72. The van der Waals surface area contributed by atoms with Crippen LogP contribution in [0, 0.1) is 0 Å². The van der Waals surface area contributed by atoms with Crippen LogP contribution in [-0.2, 0) is 17.8 Å². The van der Waals surface area contributed by atoms with Crippen molar-refractivity contribution >= 4 is 5.91 Å². The molecule has 1 heterocycles. The number of carbonyl (C=O) groups excluding carboxylic acids is 1. The minimum absolute atomic E-state index is 0.194. The second-order valence-corrected chi connectivity index (χ2v) is 4.23. The topological polar surface area (TPSA) is 104 Å². The number of aromatic nitrogens is 2. The predicted molar refractivity (Wildman–Crippen MR) is 70.2 cm³/mol. The molecule has 0 radical (unpaired) electrons. The normalized spacial score (nSPS) is 12.1. The van der Waals surface area contributed by atoms with Crippen LogP contribution in [0.25, 0.3) is 0 Å². The van der Waals surface area contributed by atoms with Gasteiger partial charge in [-0.05, 0) is 24.1 Å². The second kappa shape index (κ2) is 6.01. The number of rotatable bonds is 5. The van der Waals surface area contributed by atoms with Crippen molar-refractivity contribution in [2.24, 2.45) is 5.73 Å². The highest BCUT2D eigenvalue weighted by Gasteiger charge is 2.14. The maximum atomic E-state index is 11.8. The number of nitrogens with zero attached hydrogens (tertiary/aromatic N) is 1. The highest BCUT2D eigenvalue weighted by atomic mass is 16.3. The smallest absolute Gasteiger partial charge is 0.237 e. The maximum absolute atomic E-state index is 11.8. The quantitative estimate of drug-likeness (QED) is 0.620. The first-order valence-electron chi connectivity index (χ1n) is 5.94. The van der Waals surface area contributed by atoms with Crippen molar-refractivity contribution < 1.29 is 9.90 Å². The minimum Gasteiger partial charge on any atom is -0.508 e. The van der Waals surface area contributed by atoms with E-state index < -0.39 is 6.04 Å². The summed E-state index contributed by atoms with van der Waals surface area (Å²) in [6.07, 6.45) is 3.74. The Morgan fingerprint density at radius 1 is 1.42 bits per heavy atom. The standard InChI is InChI=1S/C13H16N4O2/c14-11(7-9-1-3-10(18)4-2-9)13(19)17-8-12-15-5-6-16-12/h1-6,11,18H,7-8,14H2,(H,15,16)(H,17,19). The van der Waals surface area contributed by atoms with Crippen molar-refractivity contribution in [3.63, 3.8) is 0 Å². The zero-order valence-electron chi connectivity index (χ0n) is 10.3. The number of carbonyl (C=O) groups is 1. The van der Waals surface area contributed by atoms with E-state index in [-0.39, 0.29) is 11.7 Å². The molecule has 2 aromatic rings. The number of aromatic amines is 1. The van der Waals surface area contributed by atoms with Crippen LogP contribution in [0.4, 0.5) is 0 Å². The first-order chi connectivity index (χ1) is 9.15. The molecule has 2 rings (SSSR count). The van der Waals surface area contributed by atoms with Gasteiger partial charge in [0, 0.05) is 12.4 Å². The van der Waals surface area contributed by atoms with Crippen LogP contribution >= 0.6 is 0 Å². The number of nitrogens with one attached hydrogen (secondary N) is 2. The summed E-state index contributed by atoms with van der Waals surface area (Å²) in [7, 11) is 0. The van der Waals surface area contributed by atoms with Gasteiger partial charge in [-0.1, -0.05) is 12.1 Å². The average Bonchev–Trinajstić information content (AvgIpc) is 2.91. The van der Waals surface area contributed by atoms with Gasteiger partial charge < -0.3 is 21.1 Å². The number of hydrogen-bond donors (Lipinski definition) is 4. The summed E-state index contributed by atoms with van der Waals surface area (Å²) in [5, 5.41) is 11.9. The van der Waals surface area contributed by atoms with E-state index in [2.05, 4.69) is 15.3 Å². The Morgan fingerprint density at radius 2 is 2.16 bits per heavy atom. The number of phenolic OH excluding ortho intramolecular Hbond substituents is 1. The summed E-state index contributed by atoms with van der Waals surface area (Å²) < 4.78 is 0. The number of hydrogen-bond acceptors (Lipinski definition) is 4. The lowest BCUT2D eigenvalue weighted by Gasteiger charge is -2.11. The summed E-state index contributed by atoms with van der Waals surface area (Å²) in [5.74, 6) is 0.647. The molecule has 0 saturated heterocycles. The van der Waals surface area contributed by atoms with Crippen molar-refractivity contribution in [3.8, 4) is 5.75 Å². The predicted octanol–water partition coefficient (Wildman–Crippen LogP) is 0.301. The van der Waals surface area contributed by atoms with E-state index in [1.54, 1.807) is 36.7 Å². The van der Waals surface area contributed by atoms with E-state index in [0.29, 0.717) is 18.8 Å². The first-order valence-corrected chi connectivity index (χ1v) is 5.94. The molecule has 0 saturated carbocycles. The molecule has 0 fully saturated rings. The van der Waals surface area contributed by atoms with Crippen LogP contribution in [0.5, 0.6) is 5.75 Å². The summed E-state index contributed by atoms with van der Waals surface area (Å²) in [4.78, 5) is 18.7. The molecule has 6 heteroatoms. The van der Waals surface area contributed by atoms with Gasteiger partial charge in [-0.3, -0.25) is 4.79 Å². The number of benzene rings is 1. The average molecular weight is 260 g/mol. The number of H-pyrrole nitrogens is 1. The Labute approximate surface area is 110 Å². The Morgan fingerprint density at radius 3 is 2.79 bits per heavy atom. The highest BCUT2D eigenvalue weighted by molar-refractivity contribution is 5.81. The molecule has 0 spiro atoms. The molecule has 1 atom stereocenters. The first kappa shape index (κ1) is 13.1. The number of nitrogens with two attached hydrogens (primary N) is 1. The minimum atomic E-state index is -0.625. The number of aromatic hydroxyl groups is 1. The molecule has 100 valence electrons. The maximum Gasteiger partial charge on any atom is 0.237 e. The van der Waals surface area contributed by atoms with Crippen molar-refractivity contribution in [2.75, 3.05) is 0 Å². The fraction of sp³-hybridized carbons (Fsp3) is 0.231. The van der Waals surface area contributed by atoms with Crippen LogP contribution < -0.4 is 11.1 Å². The summed E-state index contributed by atoms with van der Waals surface area (Å²) in [6, 6.07) is 6.01. The lowest BCUT2D eigenvalue weighted by molar-refractivity contribution is -0.122. The molecule has 5 N–H and O–H groups in total. The van der Waals surface area contributed by atoms with Crippen molar-refractivity contribution in [2.45, 2.75) is 19.0 Å². The van der Waals surface area contributed by atoms with Gasteiger partial charge in [0.25, 0.3) is 0 Å². The van der Waals surface area contributed by atoms with Gasteiger partial charge >= 0.3 is 0 Å². The Kier molecular flexibility index (Phi) is 4.15.